The van der Waals surface area contributed by atoms with Crippen LogP contribution in [0.2, 0.25) is 0 Å². The standard InChI is InChI=1S/C12H20N2O/c1-4-14(5-2)9-10-6-7-12(15-3)11(13)8-10/h6-8H,4-5,9,13H2,1-3H3. The molecule has 0 unspecified atom stereocenters. The van der Waals surface area contributed by atoms with Crippen molar-refractivity contribution in [2.24, 2.45) is 0 Å². The lowest BCUT2D eigenvalue weighted by molar-refractivity contribution is 0.296. The number of benzene rings is 1. The van der Waals surface area contributed by atoms with E-state index in [4.69, 9.17) is 10.5 Å². The maximum absolute atomic E-state index is 5.85. The molecule has 0 atom stereocenters. The van der Waals surface area contributed by atoms with Crippen LogP contribution in [0.15, 0.2) is 18.2 Å². The van der Waals surface area contributed by atoms with Crippen molar-refractivity contribution in [3.63, 3.8) is 0 Å². The van der Waals surface area contributed by atoms with Crippen molar-refractivity contribution in [2.45, 2.75) is 20.4 Å². The first kappa shape index (κ1) is 11.9. The van der Waals surface area contributed by atoms with Crippen molar-refractivity contribution in [3.05, 3.63) is 23.8 Å². The van der Waals surface area contributed by atoms with E-state index in [1.807, 2.05) is 12.1 Å². The molecule has 1 aromatic rings. The van der Waals surface area contributed by atoms with Gasteiger partial charge in [0.1, 0.15) is 5.75 Å². The monoisotopic (exact) mass is 208 g/mol. The molecule has 15 heavy (non-hydrogen) atoms. The van der Waals surface area contributed by atoms with Crippen LogP contribution < -0.4 is 10.5 Å². The molecular weight excluding hydrogens is 188 g/mol. The van der Waals surface area contributed by atoms with E-state index in [0.717, 1.165) is 25.4 Å². The first-order valence-corrected chi connectivity index (χ1v) is 5.36. The van der Waals surface area contributed by atoms with E-state index in [9.17, 15) is 0 Å². The highest BCUT2D eigenvalue weighted by Gasteiger charge is 2.04. The molecule has 0 spiro atoms. The zero-order valence-electron chi connectivity index (χ0n) is 9.79. The number of nitrogens with zero attached hydrogens (tertiary/aromatic N) is 1. The SMILES string of the molecule is CCN(CC)Cc1ccc(OC)c(N)c1. The van der Waals surface area contributed by atoms with Crippen LogP contribution in [0.1, 0.15) is 19.4 Å². The molecule has 0 radical (unpaired) electrons. The van der Waals surface area contributed by atoms with E-state index in [1.165, 1.54) is 5.56 Å². The summed E-state index contributed by atoms with van der Waals surface area (Å²) in [5, 5.41) is 0. The van der Waals surface area contributed by atoms with Gasteiger partial charge in [0.15, 0.2) is 0 Å². The number of nitrogens with two attached hydrogens (primary N) is 1. The molecule has 0 aliphatic heterocycles. The van der Waals surface area contributed by atoms with Gasteiger partial charge in [-0.2, -0.15) is 0 Å². The average Bonchev–Trinajstić information content (AvgIpc) is 2.26. The van der Waals surface area contributed by atoms with Gasteiger partial charge in [-0.15, -0.1) is 0 Å². The van der Waals surface area contributed by atoms with E-state index < -0.39 is 0 Å². The average molecular weight is 208 g/mol. The van der Waals surface area contributed by atoms with Gasteiger partial charge in [-0.1, -0.05) is 19.9 Å². The van der Waals surface area contributed by atoms with Crippen molar-refractivity contribution in [1.29, 1.82) is 0 Å². The summed E-state index contributed by atoms with van der Waals surface area (Å²) in [6, 6.07) is 5.97. The van der Waals surface area contributed by atoms with Crippen molar-refractivity contribution in [3.8, 4) is 5.75 Å². The van der Waals surface area contributed by atoms with Gasteiger partial charge >= 0.3 is 0 Å². The first-order valence-electron chi connectivity index (χ1n) is 5.36. The number of ether oxygens (including phenoxy) is 1. The zero-order valence-corrected chi connectivity index (χ0v) is 9.79. The van der Waals surface area contributed by atoms with E-state index in [2.05, 4.69) is 24.8 Å². The van der Waals surface area contributed by atoms with Gasteiger partial charge < -0.3 is 10.5 Å². The smallest absolute Gasteiger partial charge is 0.141 e. The summed E-state index contributed by atoms with van der Waals surface area (Å²) in [6.07, 6.45) is 0. The third-order valence-electron chi connectivity index (χ3n) is 2.59. The Morgan fingerprint density at radius 3 is 2.40 bits per heavy atom. The van der Waals surface area contributed by atoms with Crippen molar-refractivity contribution < 1.29 is 4.74 Å². The van der Waals surface area contributed by atoms with E-state index in [1.54, 1.807) is 7.11 Å². The third-order valence-corrected chi connectivity index (χ3v) is 2.59. The maximum atomic E-state index is 5.85. The second-order valence-corrected chi connectivity index (χ2v) is 3.54. The lowest BCUT2D eigenvalue weighted by Crippen LogP contribution is -2.22. The number of methoxy groups -OCH3 is 1. The molecule has 0 heterocycles. The highest BCUT2D eigenvalue weighted by atomic mass is 16.5. The van der Waals surface area contributed by atoms with Crippen LogP contribution in [0.4, 0.5) is 5.69 Å². The van der Waals surface area contributed by atoms with Crippen molar-refractivity contribution >= 4 is 5.69 Å². The number of hydrogen-bond donors (Lipinski definition) is 1. The molecule has 3 heteroatoms. The van der Waals surface area contributed by atoms with Crippen molar-refractivity contribution in [1.82, 2.24) is 4.90 Å². The molecule has 0 saturated heterocycles. The summed E-state index contributed by atoms with van der Waals surface area (Å²) in [5.74, 6) is 0.748. The number of rotatable bonds is 5. The summed E-state index contributed by atoms with van der Waals surface area (Å²) in [4.78, 5) is 2.35. The van der Waals surface area contributed by atoms with Gasteiger partial charge in [0.2, 0.25) is 0 Å². The highest BCUT2D eigenvalue weighted by molar-refractivity contribution is 5.54. The zero-order chi connectivity index (χ0) is 11.3. The Bertz CT molecular complexity index is 308. The van der Waals surface area contributed by atoms with Crippen LogP contribution in [-0.4, -0.2) is 25.1 Å². The Hall–Kier alpha value is -1.22. The number of hydrogen-bond acceptors (Lipinski definition) is 3. The lowest BCUT2D eigenvalue weighted by Gasteiger charge is -2.18. The van der Waals surface area contributed by atoms with Crippen LogP contribution >= 0.6 is 0 Å². The van der Waals surface area contributed by atoms with Crippen molar-refractivity contribution in [2.75, 3.05) is 25.9 Å². The minimum atomic E-state index is 0.710. The van der Waals surface area contributed by atoms with Gasteiger partial charge in [-0.3, -0.25) is 4.90 Å². The van der Waals surface area contributed by atoms with Gasteiger partial charge in [-0.25, -0.2) is 0 Å². The third kappa shape index (κ3) is 3.13. The second kappa shape index (κ2) is 5.61. The van der Waals surface area contributed by atoms with Gasteiger partial charge in [-0.05, 0) is 30.8 Å². The maximum Gasteiger partial charge on any atom is 0.141 e. The van der Waals surface area contributed by atoms with Gasteiger partial charge in [0, 0.05) is 6.54 Å². The topological polar surface area (TPSA) is 38.5 Å². The minimum Gasteiger partial charge on any atom is -0.495 e. The molecule has 0 amide bonds. The number of anilines is 1. The molecular formula is C12H20N2O. The fourth-order valence-corrected chi connectivity index (χ4v) is 1.59. The van der Waals surface area contributed by atoms with Crippen LogP contribution in [0, 0.1) is 0 Å². The predicted octanol–water partition coefficient (Wildman–Crippen LogP) is 2.12. The first-order chi connectivity index (χ1) is 7.21. The molecule has 0 aliphatic carbocycles. The summed E-state index contributed by atoms with van der Waals surface area (Å²) in [6.45, 7) is 7.39. The van der Waals surface area contributed by atoms with E-state index in [-0.39, 0.29) is 0 Å². The molecule has 0 bridgehead atoms. The van der Waals surface area contributed by atoms with Crippen LogP contribution in [-0.2, 0) is 6.54 Å². The summed E-state index contributed by atoms with van der Waals surface area (Å²) in [7, 11) is 1.63. The fourth-order valence-electron chi connectivity index (χ4n) is 1.59. The normalized spacial score (nSPS) is 10.7. The number of nitrogen functional groups attached to an aromatic ring is 1. The van der Waals surface area contributed by atoms with Crippen LogP contribution in [0.25, 0.3) is 0 Å². The molecule has 2 N–H and O–H groups in total. The Labute approximate surface area is 91.8 Å². The molecule has 1 aromatic carbocycles. The Kier molecular flexibility index (Phi) is 4.43. The fraction of sp³-hybridized carbons (Fsp3) is 0.500. The van der Waals surface area contributed by atoms with Crippen LogP contribution in [0.3, 0.4) is 0 Å². The van der Waals surface area contributed by atoms with Gasteiger partial charge in [0.05, 0.1) is 12.8 Å². The molecule has 0 fully saturated rings. The Morgan fingerprint density at radius 1 is 1.27 bits per heavy atom. The van der Waals surface area contributed by atoms with E-state index >= 15 is 0 Å². The van der Waals surface area contributed by atoms with Crippen LogP contribution in [0.5, 0.6) is 5.75 Å². The predicted molar refractivity (Wildman–Crippen MR) is 64.0 cm³/mol. The summed E-state index contributed by atoms with van der Waals surface area (Å²) < 4.78 is 5.12. The molecule has 0 saturated carbocycles. The summed E-state index contributed by atoms with van der Waals surface area (Å²) >= 11 is 0. The minimum absolute atomic E-state index is 0.710. The largest absolute Gasteiger partial charge is 0.495 e. The van der Waals surface area contributed by atoms with Gasteiger partial charge in [0.25, 0.3) is 0 Å². The summed E-state index contributed by atoms with van der Waals surface area (Å²) in [5.41, 5.74) is 7.79. The quantitative estimate of drug-likeness (QED) is 0.753. The molecule has 0 aliphatic rings. The second-order valence-electron chi connectivity index (χ2n) is 3.54. The highest BCUT2D eigenvalue weighted by Crippen LogP contribution is 2.22. The molecule has 1 rings (SSSR count). The van der Waals surface area contributed by atoms with E-state index in [0.29, 0.717) is 5.69 Å². The molecule has 84 valence electrons. The Balaban J connectivity index is 2.74. The molecule has 3 nitrogen and oxygen atoms in total. The Morgan fingerprint density at radius 2 is 1.93 bits per heavy atom. The molecule has 0 aromatic heterocycles. The lowest BCUT2D eigenvalue weighted by atomic mass is 10.1.